The second kappa shape index (κ2) is 4.79. The molecule has 2 aromatic rings. The quantitative estimate of drug-likeness (QED) is 0.920. The van der Waals surface area contributed by atoms with Gasteiger partial charge in [0.25, 0.3) is 11.5 Å². The van der Waals surface area contributed by atoms with Crippen molar-refractivity contribution in [3.63, 3.8) is 0 Å². The first kappa shape index (κ1) is 13.2. The van der Waals surface area contributed by atoms with Gasteiger partial charge in [-0.1, -0.05) is 6.92 Å². The molecule has 19 heavy (non-hydrogen) atoms. The SMILES string of the molecule is CCCn1c(C(N)=O)cc2cc(F)c(F)cc2c1=O. The van der Waals surface area contributed by atoms with Crippen molar-refractivity contribution in [3.05, 3.63) is 45.9 Å². The summed E-state index contributed by atoms with van der Waals surface area (Å²) in [5.41, 5.74) is 4.65. The number of hydrogen-bond donors (Lipinski definition) is 1. The van der Waals surface area contributed by atoms with E-state index in [2.05, 4.69) is 0 Å². The minimum absolute atomic E-state index is 0.00893. The number of nitrogens with two attached hydrogens (primary N) is 1. The second-order valence-electron chi connectivity index (χ2n) is 4.20. The number of nitrogens with zero attached hydrogens (tertiary/aromatic N) is 1. The molecule has 100 valence electrons. The average Bonchev–Trinajstić information content (AvgIpc) is 2.35. The summed E-state index contributed by atoms with van der Waals surface area (Å²) >= 11 is 0. The Morgan fingerprint density at radius 3 is 2.47 bits per heavy atom. The fourth-order valence-corrected chi connectivity index (χ4v) is 2.00. The van der Waals surface area contributed by atoms with Crippen LogP contribution in [-0.4, -0.2) is 10.5 Å². The van der Waals surface area contributed by atoms with Crippen LogP contribution in [0.5, 0.6) is 0 Å². The Bertz CT molecular complexity index is 723. The van der Waals surface area contributed by atoms with E-state index < -0.39 is 23.1 Å². The molecule has 0 unspecified atom stereocenters. The van der Waals surface area contributed by atoms with Gasteiger partial charge in [-0.3, -0.25) is 9.59 Å². The number of rotatable bonds is 3. The van der Waals surface area contributed by atoms with Gasteiger partial charge in [0, 0.05) is 6.54 Å². The normalized spacial score (nSPS) is 10.9. The monoisotopic (exact) mass is 266 g/mol. The van der Waals surface area contributed by atoms with Crippen molar-refractivity contribution in [2.75, 3.05) is 0 Å². The van der Waals surface area contributed by atoms with Crippen LogP contribution in [0.2, 0.25) is 0 Å². The van der Waals surface area contributed by atoms with Crippen LogP contribution in [-0.2, 0) is 6.54 Å². The molecule has 0 saturated heterocycles. The summed E-state index contributed by atoms with van der Waals surface area (Å²) in [7, 11) is 0. The number of aromatic nitrogens is 1. The van der Waals surface area contributed by atoms with Gasteiger partial charge in [-0.15, -0.1) is 0 Å². The summed E-state index contributed by atoms with van der Waals surface area (Å²) in [6.45, 7) is 2.11. The summed E-state index contributed by atoms with van der Waals surface area (Å²) in [4.78, 5) is 23.5. The zero-order chi connectivity index (χ0) is 14.2. The minimum Gasteiger partial charge on any atom is -0.364 e. The molecule has 2 rings (SSSR count). The average molecular weight is 266 g/mol. The van der Waals surface area contributed by atoms with Crippen molar-refractivity contribution in [2.24, 2.45) is 5.73 Å². The molecular formula is C13H12F2N2O2. The summed E-state index contributed by atoms with van der Waals surface area (Å²) in [5, 5.41) is 0.183. The van der Waals surface area contributed by atoms with E-state index in [9.17, 15) is 18.4 Å². The van der Waals surface area contributed by atoms with Crippen molar-refractivity contribution in [2.45, 2.75) is 19.9 Å². The van der Waals surface area contributed by atoms with Gasteiger partial charge in [-0.2, -0.15) is 0 Å². The van der Waals surface area contributed by atoms with E-state index in [1.54, 1.807) is 0 Å². The number of benzene rings is 1. The molecule has 1 amide bonds. The molecule has 0 aliphatic heterocycles. The van der Waals surface area contributed by atoms with Crippen LogP contribution in [0.25, 0.3) is 10.8 Å². The first-order valence-corrected chi connectivity index (χ1v) is 5.78. The molecule has 4 nitrogen and oxygen atoms in total. The summed E-state index contributed by atoms with van der Waals surface area (Å²) < 4.78 is 27.5. The second-order valence-corrected chi connectivity index (χ2v) is 4.20. The number of carbonyl (C=O) groups excluding carboxylic acids is 1. The maximum Gasteiger partial charge on any atom is 0.265 e. The fourth-order valence-electron chi connectivity index (χ4n) is 2.00. The van der Waals surface area contributed by atoms with E-state index in [0.717, 1.165) is 12.1 Å². The molecule has 0 bridgehead atoms. The lowest BCUT2D eigenvalue weighted by molar-refractivity contribution is 0.0990. The van der Waals surface area contributed by atoms with Crippen molar-refractivity contribution >= 4 is 16.7 Å². The lowest BCUT2D eigenvalue weighted by atomic mass is 10.1. The Balaban J connectivity index is 2.89. The maximum absolute atomic E-state index is 13.2. The third-order valence-corrected chi connectivity index (χ3v) is 2.85. The third kappa shape index (κ3) is 2.21. The summed E-state index contributed by atoms with van der Waals surface area (Å²) in [5.74, 6) is -2.95. The topological polar surface area (TPSA) is 65.1 Å². The Kier molecular flexibility index (Phi) is 3.33. The molecule has 0 radical (unpaired) electrons. The van der Waals surface area contributed by atoms with Crippen LogP contribution < -0.4 is 11.3 Å². The van der Waals surface area contributed by atoms with E-state index in [1.165, 1.54) is 10.6 Å². The van der Waals surface area contributed by atoms with Crippen molar-refractivity contribution in [1.29, 1.82) is 0 Å². The molecule has 0 saturated carbocycles. The standard InChI is InChI=1S/C13H12F2N2O2/c1-2-3-17-11(12(16)18)5-7-4-9(14)10(15)6-8(7)13(17)19/h4-6H,2-3H2,1H3,(H2,16,18). The van der Waals surface area contributed by atoms with E-state index >= 15 is 0 Å². The smallest absolute Gasteiger partial charge is 0.265 e. The van der Waals surface area contributed by atoms with Crippen LogP contribution in [0.1, 0.15) is 23.8 Å². The van der Waals surface area contributed by atoms with Gasteiger partial charge in [-0.05, 0) is 30.0 Å². The molecule has 0 spiro atoms. The Labute approximate surface area is 107 Å². The Hall–Kier alpha value is -2.24. The molecule has 1 aromatic carbocycles. The summed E-state index contributed by atoms with van der Waals surface area (Å²) in [6, 6.07) is 3.02. The van der Waals surface area contributed by atoms with Crippen molar-refractivity contribution in [3.8, 4) is 0 Å². The maximum atomic E-state index is 13.2. The molecule has 2 N–H and O–H groups in total. The van der Waals surface area contributed by atoms with E-state index in [0.29, 0.717) is 6.42 Å². The highest BCUT2D eigenvalue weighted by Gasteiger charge is 2.15. The zero-order valence-electron chi connectivity index (χ0n) is 10.2. The van der Waals surface area contributed by atoms with E-state index in [4.69, 9.17) is 5.73 Å². The number of fused-ring (bicyclic) bond motifs is 1. The molecule has 0 atom stereocenters. The van der Waals surface area contributed by atoms with Crippen LogP contribution in [0.3, 0.4) is 0 Å². The van der Waals surface area contributed by atoms with Gasteiger partial charge in [-0.25, -0.2) is 8.78 Å². The number of primary amides is 1. The van der Waals surface area contributed by atoms with Gasteiger partial charge in [0.1, 0.15) is 5.69 Å². The molecular weight excluding hydrogens is 254 g/mol. The van der Waals surface area contributed by atoms with Crippen molar-refractivity contribution in [1.82, 2.24) is 4.57 Å². The minimum atomic E-state index is -1.10. The number of hydrogen-bond acceptors (Lipinski definition) is 2. The molecule has 1 heterocycles. The summed E-state index contributed by atoms with van der Waals surface area (Å²) in [6.07, 6.45) is 0.607. The number of carbonyl (C=O) groups is 1. The third-order valence-electron chi connectivity index (χ3n) is 2.85. The highest BCUT2D eigenvalue weighted by atomic mass is 19.2. The largest absolute Gasteiger partial charge is 0.364 e. The zero-order valence-corrected chi connectivity index (χ0v) is 10.2. The van der Waals surface area contributed by atoms with Crippen LogP contribution in [0.4, 0.5) is 8.78 Å². The highest BCUT2D eigenvalue weighted by molar-refractivity contribution is 5.95. The van der Waals surface area contributed by atoms with Gasteiger partial charge in [0.2, 0.25) is 0 Å². The van der Waals surface area contributed by atoms with Crippen LogP contribution in [0.15, 0.2) is 23.0 Å². The van der Waals surface area contributed by atoms with Gasteiger partial charge >= 0.3 is 0 Å². The molecule has 0 fully saturated rings. The van der Waals surface area contributed by atoms with Gasteiger partial charge < -0.3 is 10.3 Å². The number of amides is 1. The van der Waals surface area contributed by atoms with Gasteiger partial charge in [0.15, 0.2) is 11.6 Å². The van der Waals surface area contributed by atoms with Gasteiger partial charge in [0.05, 0.1) is 5.39 Å². The van der Waals surface area contributed by atoms with E-state index in [-0.39, 0.29) is 23.0 Å². The molecule has 0 aliphatic carbocycles. The van der Waals surface area contributed by atoms with E-state index in [1.807, 2.05) is 6.92 Å². The molecule has 1 aromatic heterocycles. The molecule has 0 aliphatic rings. The lowest BCUT2D eigenvalue weighted by Gasteiger charge is -2.11. The number of halogens is 2. The van der Waals surface area contributed by atoms with Crippen LogP contribution in [0, 0.1) is 11.6 Å². The Morgan fingerprint density at radius 1 is 1.26 bits per heavy atom. The lowest BCUT2D eigenvalue weighted by Crippen LogP contribution is -2.29. The number of pyridine rings is 1. The van der Waals surface area contributed by atoms with Crippen molar-refractivity contribution < 1.29 is 13.6 Å². The first-order valence-electron chi connectivity index (χ1n) is 5.78. The first-order chi connectivity index (χ1) is 8.95. The fraction of sp³-hybridized carbons (Fsp3) is 0.231. The predicted octanol–water partition coefficient (Wildman–Crippen LogP) is 1.79. The predicted molar refractivity (Wildman–Crippen MR) is 66.9 cm³/mol. The van der Waals surface area contributed by atoms with Crippen LogP contribution >= 0.6 is 0 Å². The molecule has 6 heteroatoms. The Morgan fingerprint density at radius 2 is 1.89 bits per heavy atom. The highest BCUT2D eigenvalue weighted by Crippen LogP contribution is 2.17.